The van der Waals surface area contributed by atoms with Gasteiger partial charge in [0.15, 0.2) is 12.4 Å². The molecule has 0 saturated carbocycles. The van der Waals surface area contributed by atoms with Crippen LogP contribution in [0.2, 0.25) is 0 Å². The molecular weight excluding hydrogens is 332 g/mol. The lowest BCUT2D eigenvalue weighted by Gasteiger charge is -2.12. The van der Waals surface area contributed by atoms with Crippen LogP contribution in [-0.2, 0) is 16.1 Å². The molecule has 0 aliphatic heterocycles. The molecule has 0 saturated heterocycles. The van der Waals surface area contributed by atoms with Crippen molar-refractivity contribution < 1.29 is 18.7 Å². The molecule has 1 aromatic heterocycles. The van der Waals surface area contributed by atoms with E-state index in [4.69, 9.17) is 9.15 Å². The van der Waals surface area contributed by atoms with Crippen molar-refractivity contribution in [3.63, 3.8) is 0 Å². The van der Waals surface area contributed by atoms with Gasteiger partial charge >= 0.3 is 5.97 Å². The molecule has 6 heteroatoms. The van der Waals surface area contributed by atoms with Gasteiger partial charge in [-0.15, -0.1) is 0 Å². The molecule has 3 rings (SSSR count). The molecule has 1 N–H and O–H groups in total. The Bertz CT molecular complexity index is 875. The molecule has 1 atom stereocenters. The number of carbonyl (C=O) groups is 2. The molecule has 132 valence electrons. The average molecular weight is 350 g/mol. The van der Waals surface area contributed by atoms with E-state index in [1.807, 2.05) is 36.4 Å². The van der Waals surface area contributed by atoms with Gasteiger partial charge in [0.25, 0.3) is 5.91 Å². The maximum atomic E-state index is 12.1. The zero-order chi connectivity index (χ0) is 18.4. The summed E-state index contributed by atoms with van der Waals surface area (Å²) < 4.78 is 10.8. The number of hydrogen-bond donors (Lipinski definition) is 1. The van der Waals surface area contributed by atoms with Crippen molar-refractivity contribution in [3.05, 3.63) is 78.2 Å². The van der Waals surface area contributed by atoms with Crippen LogP contribution in [0.15, 0.2) is 71.3 Å². The number of nitrogens with zero attached hydrogens (tertiary/aromatic N) is 1. The normalized spacial score (nSPS) is 11.6. The highest BCUT2D eigenvalue weighted by atomic mass is 16.5. The zero-order valence-corrected chi connectivity index (χ0v) is 14.2. The summed E-state index contributed by atoms with van der Waals surface area (Å²) in [5.74, 6) is 0.00823. The number of esters is 1. The van der Waals surface area contributed by atoms with Crippen molar-refractivity contribution in [2.75, 3.05) is 0 Å². The first-order valence-electron chi connectivity index (χ1n) is 8.16. The van der Waals surface area contributed by atoms with Crippen molar-refractivity contribution in [3.8, 4) is 11.5 Å². The summed E-state index contributed by atoms with van der Waals surface area (Å²) in [6, 6.07) is 17.3. The number of oxazole rings is 1. The highest BCUT2D eigenvalue weighted by Crippen LogP contribution is 2.18. The van der Waals surface area contributed by atoms with E-state index in [0.29, 0.717) is 17.2 Å². The Morgan fingerprint density at radius 2 is 1.73 bits per heavy atom. The number of carbonyl (C=O) groups excluding carboxylic acids is 2. The summed E-state index contributed by atoms with van der Waals surface area (Å²) in [5.41, 5.74) is 1.32. The van der Waals surface area contributed by atoms with E-state index in [1.54, 1.807) is 31.2 Å². The van der Waals surface area contributed by atoms with Gasteiger partial charge in [-0.1, -0.05) is 36.4 Å². The van der Waals surface area contributed by atoms with Crippen LogP contribution >= 0.6 is 0 Å². The molecule has 3 aromatic rings. The molecule has 0 radical (unpaired) electrons. The fraction of sp³-hybridized carbons (Fsp3) is 0.150. The van der Waals surface area contributed by atoms with Crippen LogP contribution in [-0.4, -0.2) is 22.9 Å². The number of amides is 1. The van der Waals surface area contributed by atoms with E-state index in [-0.39, 0.29) is 12.5 Å². The van der Waals surface area contributed by atoms with Gasteiger partial charge in [-0.2, -0.15) is 0 Å². The Balaban J connectivity index is 1.52. The largest absolute Gasteiger partial charge is 0.456 e. The number of ether oxygens (including phenoxy) is 1. The fourth-order valence-corrected chi connectivity index (χ4v) is 2.28. The molecule has 6 nitrogen and oxygen atoms in total. The second-order valence-electron chi connectivity index (χ2n) is 5.67. The van der Waals surface area contributed by atoms with Gasteiger partial charge in [0.1, 0.15) is 6.04 Å². The molecule has 1 heterocycles. The number of benzene rings is 2. The van der Waals surface area contributed by atoms with Crippen molar-refractivity contribution in [1.29, 1.82) is 0 Å². The van der Waals surface area contributed by atoms with Gasteiger partial charge in [-0.25, -0.2) is 9.78 Å². The van der Waals surface area contributed by atoms with Crippen LogP contribution in [0.4, 0.5) is 0 Å². The van der Waals surface area contributed by atoms with Gasteiger partial charge in [0, 0.05) is 11.1 Å². The Morgan fingerprint density at radius 1 is 1.08 bits per heavy atom. The minimum Gasteiger partial charge on any atom is -0.456 e. The molecule has 0 aliphatic rings. The lowest BCUT2D eigenvalue weighted by atomic mass is 10.2. The zero-order valence-electron chi connectivity index (χ0n) is 14.2. The van der Waals surface area contributed by atoms with Crippen LogP contribution in [0.25, 0.3) is 11.5 Å². The fourth-order valence-electron chi connectivity index (χ4n) is 2.28. The second kappa shape index (κ2) is 8.11. The number of nitrogens with one attached hydrogen (secondary N) is 1. The first kappa shape index (κ1) is 17.4. The predicted molar refractivity (Wildman–Crippen MR) is 95.1 cm³/mol. The van der Waals surface area contributed by atoms with Crippen LogP contribution in [0.1, 0.15) is 23.0 Å². The Labute approximate surface area is 150 Å². The predicted octanol–water partition coefficient (Wildman–Crippen LogP) is 3.20. The van der Waals surface area contributed by atoms with E-state index in [1.165, 1.54) is 6.20 Å². The summed E-state index contributed by atoms with van der Waals surface area (Å²) >= 11 is 0. The highest BCUT2D eigenvalue weighted by Gasteiger charge is 2.18. The van der Waals surface area contributed by atoms with E-state index in [9.17, 15) is 9.59 Å². The standard InChI is InChI=1S/C20H18N2O4/c1-14(22-18(23)15-8-4-2-5-9-15)20(24)25-13-17-12-21-19(26-17)16-10-6-3-7-11-16/h2-12,14H,13H2,1H3,(H,22,23)/t14-/m0/s1. The molecule has 0 bridgehead atoms. The third kappa shape index (κ3) is 4.36. The highest BCUT2D eigenvalue weighted by molar-refractivity contribution is 5.96. The van der Waals surface area contributed by atoms with E-state index < -0.39 is 12.0 Å². The summed E-state index contributed by atoms with van der Waals surface area (Å²) in [4.78, 5) is 28.3. The third-order valence-electron chi connectivity index (χ3n) is 3.67. The molecule has 26 heavy (non-hydrogen) atoms. The SMILES string of the molecule is C[C@H](NC(=O)c1ccccc1)C(=O)OCc1cnc(-c2ccccc2)o1. The summed E-state index contributed by atoms with van der Waals surface area (Å²) in [7, 11) is 0. The van der Waals surface area contributed by atoms with E-state index in [0.717, 1.165) is 5.56 Å². The van der Waals surface area contributed by atoms with Crippen molar-refractivity contribution in [2.24, 2.45) is 0 Å². The first-order valence-corrected chi connectivity index (χ1v) is 8.16. The number of aromatic nitrogens is 1. The molecular formula is C20H18N2O4. The minimum atomic E-state index is -0.778. The number of hydrogen-bond acceptors (Lipinski definition) is 5. The molecule has 0 unspecified atom stereocenters. The topological polar surface area (TPSA) is 81.4 Å². The third-order valence-corrected chi connectivity index (χ3v) is 3.67. The van der Waals surface area contributed by atoms with Crippen LogP contribution < -0.4 is 5.32 Å². The second-order valence-corrected chi connectivity index (χ2v) is 5.67. The number of rotatable bonds is 6. The molecule has 0 spiro atoms. The monoisotopic (exact) mass is 350 g/mol. The van der Waals surface area contributed by atoms with Crippen molar-refractivity contribution >= 4 is 11.9 Å². The molecule has 2 aromatic carbocycles. The smallest absolute Gasteiger partial charge is 0.328 e. The van der Waals surface area contributed by atoms with E-state index >= 15 is 0 Å². The van der Waals surface area contributed by atoms with Crippen LogP contribution in [0, 0.1) is 0 Å². The maximum Gasteiger partial charge on any atom is 0.328 e. The van der Waals surface area contributed by atoms with Gasteiger partial charge < -0.3 is 14.5 Å². The van der Waals surface area contributed by atoms with Crippen LogP contribution in [0.3, 0.4) is 0 Å². The Kier molecular flexibility index (Phi) is 5.43. The molecule has 0 fully saturated rings. The van der Waals surface area contributed by atoms with Gasteiger partial charge in [-0.05, 0) is 31.2 Å². The van der Waals surface area contributed by atoms with Crippen molar-refractivity contribution in [1.82, 2.24) is 10.3 Å². The lowest BCUT2D eigenvalue weighted by molar-refractivity contribution is -0.147. The molecule has 1 amide bonds. The average Bonchev–Trinajstić information content (AvgIpc) is 3.16. The van der Waals surface area contributed by atoms with Crippen LogP contribution in [0.5, 0.6) is 0 Å². The van der Waals surface area contributed by atoms with Crippen molar-refractivity contribution in [2.45, 2.75) is 19.6 Å². The van der Waals surface area contributed by atoms with Gasteiger partial charge in [-0.3, -0.25) is 4.79 Å². The molecule has 0 aliphatic carbocycles. The summed E-state index contributed by atoms with van der Waals surface area (Å²) in [6.45, 7) is 1.52. The van der Waals surface area contributed by atoms with Gasteiger partial charge in [0.2, 0.25) is 5.89 Å². The first-order chi connectivity index (χ1) is 12.6. The lowest BCUT2D eigenvalue weighted by Crippen LogP contribution is -2.39. The van der Waals surface area contributed by atoms with E-state index in [2.05, 4.69) is 10.3 Å². The van der Waals surface area contributed by atoms with Gasteiger partial charge in [0.05, 0.1) is 6.20 Å². The Hall–Kier alpha value is -3.41. The summed E-state index contributed by atoms with van der Waals surface area (Å²) in [5, 5.41) is 2.60. The quantitative estimate of drug-likeness (QED) is 0.691. The maximum absolute atomic E-state index is 12.1. The summed E-state index contributed by atoms with van der Waals surface area (Å²) in [6.07, 6.45) is 1.52. The Morgan fingerprint density at radius 3 is 2.42 bits per heavy atom. The minimum absolute atomic E-state index is 0.0514.